The largest absolute Gasteiger partial charge is 0.413 e. The average Bonchev–Trinajstić information content (AvgIpc) is 3.28. The van der Waals surface area contributed by atoms with Crippen LogP contribution in [-0.2, 0) is 13.6 Å². The maximum absolute atomic E-state index is 9.44. The number of hydrogen-bond donors (Lipinski definition) is 1. The molecule has 172 valence electrons. The Morgan fingerprint density at radius 2 is 1.41 bits per heavy atom. The molecule has 1 fully saturated rings. The number of rotatable bonds is 10. The summed E-state index contributed by atoms with van der Waals surface area (Å²) in [7, 11) is -3.87. The Labute approximate surface area is 182 Å². The van der Waals surface area contributed by atoms with Crippen molar-refractivity contribution in [1.82, 2.24) is 0 Å². The second-order valence-electron chi connectivity index (χ2n) is 11.8. The molecule has 0 aromatic rings. The first kappa shape index (κ1) is 27.0. The van der Waals surface area contributed by atoms with Gasteiger partial charge in [0.25, 0.3) is 0 Å². The van der Waals surface area contributed by atoms with Gasteiger partial charge < -0.3 is 18.7 Å². The van der Waals surface area contributed by atoms with Crippen LogP contribution in [-0.4, -0.2) is 52.8 Å². The van der Waals surface area contributed by atoms with E-state index in [1.165, 1.54) is 0 Å². The van der Waals surface area contributed by atoms with E-state index < -0.39 is 16.6 Å². The summed E-state index contributed by atoms with van der Waals surface area (Å²) in [6.45, 7) is 27.3. The van der Waals surface area contributed by atoms with Crippen LogP contribution in [0.15, 0.2) is 12.2 Å². The highest BCUT2D eigenvalue weighted by Crippen LogP contribution is 2.42. The molecule has 0 aromatic carbocycles. The van der Waals surface area contributed by atoms with Gasteiger partial charge in [0.2, 0.25) is 0 Å². The molecule has 1 aliphatic rings. The summed E-state index contributed by atoms with van der Waals surface area (Å²) in [5.41, 5.74) is 0. The second kappa shape index (κ2) is 9.66. The predicted octanol–water partition coefficient (Wildman–Crippen LogP) is 6.13. The summed E-state index contributed by atoms with van der Waals surface area (Å²) in [5, 5.41) is 9.74. The normalized spacial score (nSPS) is 24.6. The molecule has 6 heteroatoms. The SMILES string of the molecule is C/C=C/[C@@H](O[Si](C)(C)C(C)(C)C)[C@H](C)[C@H](C[C@@H]1O[C@@H]1CO)O[Si](C)(C)C(C)(C)C. The lowest BCUT2D eigenvalue weighted by Gasteiger charge is -2.44. The van der Waals surface area contributed by atoms with E-state index in [9.17, 15) is 5.11 Å². The minimum Gasteiger partial charge on any atom is -0.413 e. The van der Waals surface area contributed by atoms with E-state index in [1.807, 2.05) is 0 Å². The number of allylic oxidation sites excluding steroid dienone is 1. The van der Waals surface area contributed by atoms with Crippen LogP contribution in [0.25, 0.3) is 0 Å². The van der Waals surface area contributed by atoms with Crippen LogP contribution in [0.5, 0.6) is 0 Å². The van der Waals surface area contributed by atoms with Crippen molar-refractivity contribution in [2.75, 3.05) is 6.61 Å². The molecule has 29 heavy (non-hydrogen) atoms. The third-order valence-corrected chi connectivity index (χ3v) is 16.3. The Morgan fingerprint density at radius 1 is 0.931 bits per heavy atom. The van der Waals surface area contributed by atoms with E-state index in [1.54, 1.807) is 0 Å². The molecule has 4 nitrogen and oxygen atoms in total. The lowest BCUT2D eigenvalue weighted by atomic mass is 9.94. The van der Waals surface area contributed by atoms with Gasteiger partial charge in [-0.3, -0.25) is 0 Å². The predicted molar refractivity (Wildman–Crippen MR) is 128 cm³/mol. The van der Waals surface area contributed by atoms with Gasteiger partial charge >= 0.3 is 0 Å². The van der Waals surface area contributed by atoms with Crippen LogP contribution in [0.3, 0.4) is 0 Å². The fraction of sp³-hybridized carbons (Fsp3) is 0.913. The molecule has 5 atom stereocenters. The van der Waals surface area contributed by atoms with Crippen LogP contribution < -0.4 is 0 Å². The van der Waals surface area contributed by atoms with Crippen LogP contribution in [0.4, 0.5) is 0 Å². The van der Waals surface area contributed by atoms with Crippen molar-refractivity contribution in [3.8, 4) is 0 Å². The van der Waals surface area contributed by atoms with E-state index in [4.69, 9.17) is 13.6 Å². The Morgan fingerprint density at radius 3 is 1.79 bits per heavy atom. The molecular weight excluding hydrogens is 396 g/mol. The zero-order valence-electron chi connectivity index (χ0n) is 21.1. The number of hydrogen-bond acceptors (Lipinski definition) is 4. The molecule has 0 amide bonds. The lowest BCUT2D eigenvalue weighted by Crippen LogP contribution is -2.50. The summed E-state index contributed by atoms with van der Waals surface area (Å²) >= 11 is 0. The molecule has 0 bridgehead atoms. The quantitative estimate of drug-likeness (QED) is 0.250. The van der Waals surface area contributed by atoms with Crippen LogP contribution in [0, 0.1) is 5.92 Å². The maximum Gasteiger partial charge on any atom is 0.192 e. The zero-order chi connectivity index (χ0) is 22.8. The van der Waals surface area contributed by atoms with Gasteiger partial charge in [0.05, 0.1) is 24.9 Å². The molecule has 1 N–H and O–H groups in total. The van der Waals surface area contributed by atoms with E-state index in [0.29, 0.717) is 0 Å². The van der Waals surface area contributed by atoms with Gasteiger partial charge in [-0.15, -0.1) is 0 Å². The van der Waals surface area contributed by atoms with Crippen LogP contribution in [0.1, 0.15) is 61.8 Å². The molecule has 1 aliphatic heterocycles. The topological polar surface area (TPSA) is 51.2 Å². The van der Waals surface area contributed by atoms with Gasteiger partial charge in [-0.2, -0.15) is 0 Å². The summed E-state index contributed by atoms with van der Waals surface area (Å²) in [4.78, 5) is 0. The van der Waals surface area contributed by atoms with Gasteiger partial charge in [0, 0.05) is 12.3 Å². The van der Waals surface area contributed by atoms with E-state index in [0.717, 1.165) is 6.42 Å². The fourth-order valence-corrected chi connectivity index (χ4v) is 5.69. The number of ether oxygens (including phenoxy) is 1. The first-order valence-electron chi connectivity index (χ1n) is 11.2. The van der Waals surface area contributed by atoms with Crippen molar-refractivity contribution in [2.45, 2.75) is 122 Å². The minimum absolute atomic E-state index is 0.0157. The first-order valence-corrected chi connectivity index (χ1v) is 17.0. The van der Waals surface area contributed by atoms with Crippen LogP contribution >= 0.6 is 0 Å². The highest BCUT2D eigenvalue weighted by atomic mass is 28.4. The van der Waals surface area contributed by atoms with Gasteiger partial charge in [0.1, 0.15) is 6.10 Å². The molecule has 0 aromatic heterocycles. The second-order valence-corrected chi connectivity index (χ2v) is 21.3. The number of epoxide rings is 1. The number of aliphatic hydroxyl groups is 1. The summed E-state index contributed by atoms with van der Waals surface area (Å²) in [5.74, 6) is 0.206. The minimum atomic E-state index is -1.95. The third kappa shape index (κ3) is 7.28. The zero-order valence-corrected chi connectivity index (χ0v) is 23.1. The van der Waals surface area contributed by atoms with Gasteiger partial charge in [-0.1, -0.05) is 60.6 Å². The van der Waals surface area contributed by atoms with Crippen molar-refractivity contribution in [2.24, 2.45) is 5.92 Å². The fourth-order valence-electron chi connectivity index (χ4n) is 2.94. The van der Waals surface area contributed by atoms with Crippen molar-refractivity contribution < 1.29 is 18.7 Å². The van der Waals surface area contributed by atoms with Gasteiger partial charge in [-0.05, 0) is 43.2 Å². The highest BCUT2D eigenvalue weighted by Gasteiger charge is 2.47. The maximum atomic E-state index is 9.44. The van der Waals surface area contributed by atoms with Crippen LogP contribution in [0.2, 0.25) is 36.3 Å². The Kier molecular flexibility index (Phi) is 9.01. The van der Waals surface area contributed by atoms with E-state index in [2.05, 4.69) is 93.7 Å². The van der Waals surface area contributed by atoms with Crippen molar-refractivity contribution in [1.29, 1.82) is 0 Å². The van der Waals surface area contributed by atoms with Crippen molar-refractivity contribution in [3.05, 3.63) is 12.2 Å². The summed E-state index contributed by atoms with van der Waals surface area (Å²) in [6.07, 6.45) is 5.23. The molecule has 0 unspecified atom stereocenters. The average molecular weight is 445 g/mol. The monoisotopic (exact) mass is 444 g/mol. The molecule has 0 spiro atoms. The summed E-state index contributed by atoms with van der Waals surface area (Å²) < 4.78 is 19.4. The van der Waals surface area contributed by atoms with Gasteiger partial charge in [-0.25, -0.2) is 0 Å². The van der Waals surface area contributed by atoms with E-state index in [-0.39, 0.29) is 47.0 Å². The molecule has 0 aliphatic carbocycles. The van der Waals surface area contributed by atoms with Gasteiger partial charge in [0.15, 0.2) is 16.6 Å². The summed E-state index contributed by atoms with van der Waals surface area (Å²) in [6, 6.07) is 0. The smallest absolute Gasteiger partial charge is 0.192 e. The standard InChI is InChI=1S/C23H48O4Si2/c1-13-14-18(26-28(9,10)22(3,4)5)17(2)19(15-20-21(16-24)25-20)27-29(11,12)23(6,7)8/h13-14,17-21,24H,15-16H2,1-12H3/b14-13+/t17-,18+,19-,20-,21+/m0/s1. The Bertz CT molecular complexity index is 546. The molecule has 0 saturated carbocycles. The molecular formula is C23H48O4Si2. The Balaban J connectivity index is 3.12. The van der Waals surface area contributed by atoms with Crippen molar-refractivity contribution >= 4 is 16.6 Å². The Hall–Kier alpha value is 0.0138. The highest BCUT2D eigenvalue weighted by molar-refractivity contribution is 6.74. The number of aliphatic hydroxyl groups excluding tert-OH is 1. The third-order valence-electron chi connectivity index (χ3n) is 7.31. The van der Waals surface area contributed by atoms with E-state index >= 15 is 0 Å². The molecule has 0 radical (unpaired) electrons. The van der Waals surface area contributed by atoms with Crippen molar-refractivity contribution in [3.63, 3.8) is 0 Å². The molecule has 1 rings (SSSR count). The first-order chi connectivity index (χ1) is 13.0. The molecule has 1 saturated heterocycles. The lowest BCUT2D eigenvalue weighted by molar-refractivity contribution is 0.0473. The molecule has 1 heterocycles.